The molecule has 0 bridgehead atoms. The van der Waals surface area contributed by atoms with Gasteiger partial charge in [0, 0.05) is 22.3 Å². The van der Waals surface area contributed by atoms with Crippen LogP contribution in [0.3, 0.4) is 0 Å². The number of halogens is 2. The van der Waals surface area contributed by atoms with E-state index in [1.165, 1.54) is 4.90 Å². The van der Waals surface area contributed by atoms with Crippen LogP contribution in [-0.2, 0) is 20.7 Å². The van der Waals surface area contributed by atoms with E-state index in [1.54, 1.807) is 72.5 Å². The first-order valence-corrected chi connectivity index (χ1v) is 13.1. The summed E-state index contributed by atoms with van der Waals surface area (Å²) in [6, 6.07) is 19.9. The van der Waals surface area contributed by atoms with Crippen LogP contribution in [0.4, 0.5) is 11.4 Å². The Morgan fingerprint density at radius 2 is 1.71 bits per heavy atom. The molecule has 0 aromatic heterocycles. The van der Waals surface area contributed by atoms with Gasteiger partial charge < -0.3 is 15.0 Å². The molecule has 4 rings (SSSR count). The van der Waals surface area contributed by atoms with Gasteiger partial charge >= 0.3 is 5.97 Å². The fourth-order valence-corrected chi connectivity index (χ4v) is 4.86. The van der Waals surface area contributed by atoms with Crippen molar-refractivity contribution in [2.75, 3.05) is 23.4 Å². The minimum atomic E-state index is -0.799. The minimum absolute atomic E-state index is 0.115. The number of thiocarbonyl (C=S) groups is 1. The molecule has 1 unspecified atom stereocenters. The van der Waals surface area contributed by atoms with Crippen molar-refractivity contribution in [1.82, 2.24) is 4.90 Å². The summed E-state index contributed by atoms with van der Waals surface area (Å²) >= 11 is 17.9. The van der Waals surface area contributed by atoms with Gasteiger partial charge in [-0.25, -0.2) is 4.79 Å². The first kappa shape index (κ1) is 27.6. The van der Waals surface area contributed by atoms with Gasteiger partial charge in [-0.15, -0.1) is 0 Å². The van der Waals surface area contributed by atoms with Gasteiger partial charge in [-0.3, -0.25) is 14.5 Å². The zero-order valence-electron chi connectivity index (χ0n) is 20.5. The van der Waals surface area contributed by atoms with E-state index in [2.05, 4.69) is 5.32 Å². The zero-order chi connectivity index (χ0) is 27.2. The van der Waals surface area contributed by atoms with Crippen molar-refractivity contribution in [1.29, 1.82) is 0 Å². The Balaban J connectivity index is 1.51. The third-order valence-electron chi connectivity index (χ3n) is 6.00. The summed E-state index contributed by atoms with van der Waals surface area (Å²) in [4.78, 5) is 41.7. The van der Waals surface area contributed by atoms with Gasteiger partial charge in [0.25, 0.3) is 5.91 Å². The van der Waals surface area contributed by atoms with Crippen LogP contribution in [0.2, 0.25) is 10.0 Å². The topological polar surface area (TPSA) is 78.9 Å². The summed E-state index contributed by atoms with van der Waals surface area (Å²) in [6.07, 6.45) is 0.484. The largest absolute Gasteiger partial charge is 0.462 e. The number of ether oxygens (including phenoxy) is 1. The van der Waals surface area contributed by atoms with Gasteiger partial charge in [0.05, 0.1) is 24.3 Å². The molecule has 10 heteroatoms. The SMILES string of the molecule is CCOC(=O)c1ccc(NC(=O)CC2C(=O)N(c3cccc(Cl)c3)C(=S)N2CCc2ccc(Cl)cc2)cc1. The van der Waals surface area contributed by atoms with Crippen molar-refractivity contribution in [3.05, 3.63) is 94.0 Å². The first-order chi connectivity index (χ1) is 18.3. The number of anilines is 2. The molecule has 38 heavy (non-hydrogen) atoms. The quantitative estimate of drug-likeness (QED) is 0.261. The van der Waals surface area contributed by atoms with Crippen LogP contribution in [0, 0.1) is 0 Å². The van der Waals surface area contributed by atoms with Crippen LogP contribution in [0.15, 0.2) is 72.8 Å². The molecule has 1 aliphatic rings. The number of benzene rings is 3. The number of nitrogens with zero attached hydrogens (tertiary/aromatic N) is 2. The van der Waals surface area contributed by atoms with Crippen LogP contribution < -0.4 is 10.2 Å². The van der Waals surface area contributed by atoms with E-state index in [0.717, 1.165) is 5.56 Å². The number of hydrogen-bond acceptors (Lipinski definition) is 5. The van der Waals surface area contributed by atoms with Crippen molar-refractivity contribution >= 4 is 69.7 Å². The number of esters is 1. The summed E-state index contributed by atoms with van der Waals surface area (Å²) in [5.74, 6) is -1.10. The highest BCUT2D eigenvalue weighted by atomic mass is 35.5. The molecule has 2 amide bonds. The van der Waals surface area contributed by atoms with Gasteiger partial charge in [-0.05, 0) is 85.7 Å². The maximum Gasteiger partial charge on any atom is 0.338 e. The van der Waals surface area contributed by atoms with E-state index in [0.29, 0.717) is 45.1 Å². The van der Waals surface area contributed by atoms with Crippen molar-refractivity contribution in [2.45, 2.75) is 25.8 Å². The number of rotatable bonds is 9. The number of nitrogens with one attached hydrogen (secondary N) is 1. The monoisotopic (exact) mass is 569 g/mol. The van der Waals surface area contributed by atoms with Crippen LogP contribution in [0.25, 0.3) is 0 Å². The van der Waals surface area contributed by atoms with Gasteiger partial charge in [0.1, 0.15) is 6.04 Å². The van der Waals surface area contributed by atoms with Crippen molar-refractivity contribution < 1.29 is 19.1 Å². The van der Waals surface area contributed by atoms with Crippen molar-refractivity contribution in [3.8, 4) is 0 Å². The summed E-state index contributed by atoms with van der Waals surface area (Å²) in [7, 11) is 0. The van der Waals surface area contributed by atoms with Gasteiger partial charge in [0.15, 0.2) is 5.11 Å². The van der Waals surface area contributed by atoms with Gasteiger partial charge in [0.2, 0.25) is 5.91 Å². The van der Waals surface area contributed by atoms with Crippen LogP contribution in [0.1, 0.15) is 29.3 Å². The number of carbonyl (C=O) groups excluding carboxylic acids is 3. The second-order valence-corrected chi connectivity index (χ2v) is 9.81. The fraction of sp³-hybridized carbons (Fsp3) is 0.214. The lowest BCUT2D eigenvalue weighted by molar-refractivity contribution is -0.124. The molecule has 0 spiro atoms. The molecule has 1 aliphatic heterocycles. The average Bonchev–Trinajstić information content (AvgIpc) is 3.12. The molecule has 0 saturated carbocycles. The van der Waals surface area contributed by atoms with E-state index < -0.39 is 12.0 Å². The third-order valence-corrected chi connectivity index (χ3v) is 6.90. The maximum absolute atomic E-state index is 13.6. The molecule has 1 atom stereocenters. The normalized spacial score (nSPS) is 15.1. The van der Waals surface area contributed by atoms with Crippen molar-refractivity contribution in [2.24, 2.45) is 0 Å². The standard InChI is InChI=1S/C28H25Cl2N3O4S/c1-2-37-27(36)19-8-12-22(13-9-19)31-25(34)17-24-26(35)33(23-5-3-4-21(30)16-23)28(38)32(24)15-14-18-6-10-20(29)11-7-18/h3-13,16,24H,2,14-15,17H2,1H3,(H,31,34). The zero-order valence-corrected chi connectivity index (χ0v) is 22.9. The highest BCUT2D eigenvalue weighted by Gasteiger charge is 2.44. The second kappa shape index (κ2) is 12.4. The minimum Gasteiger partial charge on any atom is -0.462 e. The lowest BCUT2D eigenvalue weighted by atomic mass is 10.1. The molecular weight excluding hydrogens is 545 g/mol. The lowest BCUT2D eigenvalue weighted by Crippen LogP contribution is -2.39. The maximum atomic E-state index is 13.6. The fourth-order valence-electron chi connectivity index (χ4n) is 4.13. The van der Waals surface area contributed by atoms with E-state index >= 15 is 0 Å². The highest BCUT2D eigenvalue weighted by Crippen LogP contribution is 2.29. The molecule has 1 fully saturated rings. The molecule has 1 N–H and O–H groups in total. The first-order valence-electron chi connectivity index (χ1n) is 12.0. The molecule has 1 saturated heterocycles. The van der Waals surface area contributed by atoms with Crippen LogP contribution in [-0.4, -0.2) is 47.0 Å². The molecule has 3 aromatic rings. The predicted octanol–water partition coefficient (Wildman–Crippen LogP) is 5.74. The van der Waals surface area contributed by atoms with Gasteiger partial charge in [-0.1, -0.05) is 41.4 Å². The Bertz CT molecular complexity index is 1350. The molecule has 196 valence electrons. The number of hydrogen-bond donors (Lipinski definition) is 1. The molecule has 0 aliphatic carbocycles. The Morgan fingerprint density at radius 1 is 1.00 bits per heavy atom. The smallest absolute Gasteiger partial charge is 0.338 e. The van der Waals surface area contributed by atoms with Gasteiger partial charge in [-0.2, -0.15) is 0 Å². The molecular formula is C28H25Cl2N3O4S. The Hall–Kier alpha value is -3.46. The van der Waals surface area contributed by atoms with Crippen LogP contribution in [0.5, 0.6) is 0 Å². The van der Waals surface area contributed by atoms with E-state index in [-0.39, 0.29) is 24.8 Å². The summed E-state index contributed by atoms with van der Waals surface area (Å²) in [6.45, 7) is 2.43. The molecule has 7 nitrogen and oxygen atoms in total. The van der Waals surface area contributed by atoms with E-state index in [4.69, 9.17) is 40.2 Å². The Kier molecular flexibility index (Phi) is 8.99. The highest BCUT2D eigenvalue weighted by molar-refractivity contribution is 7.80. The lowest BCUT2D eigenvalue weighted by Gasteiger charge is -2.24. The summed E-state index contributed by atoms with van der Waals surface area (Å²) < 4.78 is 4.98. The van der Waals surface area contributed by atoms with E-state index in [9.17, 15) is 14.4 Å². The Morgan fingerprint density at radius 3 is 2.37 bits per heavy atom. The summed E-state index contributed by atoms with van der Waals surface area (Å²) in [5.41, 5.74) is 2.44. The van der Waals surface area contributed by atoms with Crippen LogP contribution >= 0.6 is 35.4 Å². The number of amides is 2. The summed E-state index contributed by atoms with van der Waals surface area (Å²) in [5, 5.41) is 4.21. The predicted molar refractivity (Wildman–Crippen MR) is 153 cm³/mol. The number of carbonyl (C=O) groups is 3. The third kappa shape index (κ3) is 6.51. The molecule has 0 radical (unpaired) electrons. The second-order valence-electron chi connectivity index (χ2n) is 8.57. The molecule has 3 aromatic carbocycles. The van der Waals surface area contributed by atoms with E-state index in [1.807, 2.05) is 12.1 Å². The molecule has 1 heterocycles. The average molecular weight is 570 g/mol. The Labute approximate surface area is 236 Å². The van der Waals surface area contributed by atoms with Crippen molar-refractivity contribution in [3.63, 3.8) is 0 Å².